The minimum Gasteiger partial charge on any atom is -0.494 e. The first-order valence-electron chi connectivity index (χ1n) is 9.26. The van der Waals surface area contributed by atoms with Gasteiger partial charge >= 0.3 is 0 Å². The highest BCUT2D eigenvalue weighted by Gasteiger charge is 2.27. The number of amides is 1. The molecule has 0 heterocycles. The lowest BCUT2D eigenvalue weighted by atomic mass is 10.3. The number of nitrogens with one attached hydrogen (secondary N) is 1. The fourth-order valence-electron chi connectivity index (χ4n) is 2.80. The monoisotopic (exact) mass is 536 g/mol. The van der Waals surface area contributed by atoms with Crippen LogP contribution in [0.2, 0.25) is 0 Å². The van der Waals surface area contributed by atoms with Crippen LogP contribution in [0.4, 0.5) is 11.4 Å². The van der Waals surface area contributed by atoms with Crippen LogP contribution in [-0.4, -0.2) is 27.5 Å². The average molecular weight is 536 g/mol. The molecule has 3 rings (SSSR count). The van der Waals surface area contributed by atoms with Crippen molar-refractivity contribution in [3.63, 3.8) is 0 Å². The summed E-state index contributed by atoms with van der Waals surface area (Å²) in [5.41, 5.74) is 0.947. The number of hydrogen-bond acceptors (Lipinski definition) is 4. The van der Waals surface area contributed by atoms with Crippen LogP contribution in [-0.2, 0) is 14.8 Å². The highest BCUT2D eigenvalue weighted by molar-refractivity contribution is 14.1. The first kappa shape index (κ1) is 22.1. The Labute approximate surface area is 190 Å². The van der Waals surface area contributed by atoms with Gasteiger partial charge in [0.25, 0.3) is 10.0 Å². The van der Waals surface area contributed by atoms with Gasteiger partial charge in [0.05, 0.1) is 17.2 Å². The minimum atomic E-state index is -3.93. The van der Waals surface area contributed by atoms with Gasteiger partial charge in [-0.1, -0.05) is 24.3 Å². The molecule has 0 aliphatic heterocycles. The summed E-state index contributed by atoms with van der Waals surface area (Å²) in [5.74, 6) is 0.170. The lowest BCUT2D eigenvalue weighted by Crippen LogP contribution is -2.38. The van der Waals surface area contributed by atoms with E-state index in [2.05, 4.69) is 27.9 Å². The molecule has 6 nitrogen and oxygen atoms in total. The van der Waals surface area contributed by atoms with Gasteiger partial charge in [-0.05, 0) is 78.0 Å². The molecule has 30 heavy (non-hydrogen) atoms. The third-order valence-electron chi connectivity index (χ3n) is 4.16. The second-order valence-electron chi connectivity index (χ2n) is 6.31. The molecule has 0 aliphatic carbocycles. The van der Waals surface area contributed by atoms with Crippen LogP contribution in [0.15, 0.2) is 83.8 Å². The molecular formula is C22H21IN2O4S. The summed E-state index contributed by atoms with van der Waals surface area (Å²) in [6.07, 6.45) is 0. The summed E-state index contributed by atoms with van der Waals surface area (Å²) < 4.78 is 34.1. The molecule has 0 atom stereocenters. The van der Waals surface area contributed by atoms with Crippen molar-refractivity contribution in [2.45, 2.75) is 11.8 Å². The van der Waals surface area contributed by atoms with Crippen LogP contribution >= 0.6 is 22.6 Å². The van der Waals surface area contributed by atoms with E-state index in [9.17, 15) is 13.2 Å². The third-order valence-corrected chi connectivity index (χ3v) is 6.67. The summed E-state index contributed by atoms with van der Waals surface area (Å²) in [4.78, 5) is 12.9. The molecule has 0 saturated carbocycles. The highest BCUT2D eigenvalue weighted by Crippen LogP contribution is 2.25. The second-order valence-corrected chi connectivity index (χ2v) is 9.42. The zero-order valence-electron chi connectivity index (χ0n) is 16.3. The van der Waals surface area contributed by atoms with Gasteiger partial charge in [0, 0.05) is 15.3 Å². The molecule has 1 amide bonds. The quantitative estimate of drug-likeness (QED) is 0.430. The van der Waals surface area contributed by atoms with Gasteiger partial charge in [-0.3, -0.25) is 9.10 Å². The average Bonchev–Trinajstić information content (AvgIpc) is 2.74. The maximum absolute atomic E-state index is 13.3. The molecule has 0 fully saturated rings. The third kappa shape index (κ3) is 5.51. The lowest BCUT2D eigenvalue weighted by Gasteiger charge is -2.24. The topological polar surface area (TPSA) is 75.7 Å². The highest BCUT2D eigenvalue weighted by atomic mass is 127. The Hall–Kier alpha value is -2.59. The van der Waals surface area contributed by atoms with Crippen molar-refractivity contribution in [3.8, 4) is 5.75 Å². The minimum absolute atomic E-state index is 0.120. The predicted octanol–water partition coefficient (Wildman–Crippen LogP) is 4.52. The molecule has 0 spiro atoms. The Kier molecular flexibility index (Phi) is 7.33. The Balaban J connectivity index is 1.88. The number of nitrogens with zero attached hydrogens (tertiary/aromatic N) is 1. The summed E-state index contributed by atoms with van der Waals surface area (Å²) in [5, 5.41) is 2.75. The van der Waals surface area contributed by atoms with E-state index in [0.29, 0.717) is 23.7 Å². The molecular weight excluding hydrogens is 515 g/mol. The van der Waals surface area contributed by atoms with E-state index in [1.807, 2.05) is 6.92 Å². The Bertz CT molecular complexity index is 1100. The van der Waals surface area contributed by atoms with Crippen LogP contribution in [0.3, 0.4) is 0 Å². The fraction of sp³-hybridized carbons (Fsp3) is 0.136. The van der Waals surface area contributed by atoms with Crippen LogP contribution in [0.25, 0.3) is 0 Å². The Morgan fingerprint density at radius 1 is 1.00 bits per heavy atom. The van der Waals surface area contributed by atoms with Crippen LogP contribution in [0, 0.1) is 3.57 Å². The molecule has 0 aromatic heterocycles. The van der Waals surface area contributed by atoms with Crippen molar-refractivity contribution in [2.24, 2.45) is 0 Å². The molecule has 1 N–H and O–H groups in total. The van der Waals surface area contributed by atoms with Crippen molar-refractivity contribution in [2.75, 3.05) is 22.8 Å². The summed E-state index contributed by atoms with van der Waals surface area (Å²) >= 11 is 2.14. The smallest absolute Gasteiger partial charge is 0.264 e. The maximum atomic E-state index is 13.3. The van der Waals surface area contributed by atoms with Crippen molar-refractivity contribution in [3.05, 3.63) is 82.4 Å². The second kappa shape index (κ2) is 9.94. The van der Waals surface area contributed by atoms with E-state index in [4.69, 9.17) is 4.74 Å². The number of benzene rings is 3. The van der Waals surface area contributed by atoms with Gasteiger partial charge in [-0.25, -0.2) is 8.42 Å². The van der Waals surface area contributed by atoms with Gasteiger partial charge in [0.15, 0.2) is 0 Å². The van der Waals surface area contributed by atoms with Gasteiger partial charge in [-0.2, -0.15) is 0 Å². The number of anilines is 2. The number of ether oxygens (including phenoxy) is 1. The molecule has 3 aromatic rings. The zero-order chi connectivity index (χ0) is 21.6. The summed E-state index contributed by atoms with van der Waals surface area (Å²) in [6.45, 7) is 2.02. The number of halogens is 1. The largest absolute Gasteiger partial charge is 0.494 e. The number of sulfonamides is 1. The Morgan fingerprint density at radius 3 is 2.37 bits per heavy atom. The van der Waals surface area contributed by atoms with E-state index >= 15 is 0 Å². The van der Waals surface area contributed by atoms with E-state index in [0.717, 1.165) is 7.88 Å². The van der Waals surface area contributed by atoms with Gasteiger partial charge in [0.2, 0.25) is 5.91 Å². The van der Waals surface area contributed by atoms with Gasteiger partial charge in [0.1, 0.15) is 12.3 Å². The number of rotatable bonds is 8. The molecule has 0 aliphatic rings. The standard InChI is InChI=1S/C22H21IN2O4S/c1-2-29-20-8-6-7-18(15-20)24-22(26)16-25(19-13-11-17(23)12-14-19)30(27,28)21-9-4-3-5-10-21/h3-15H,2,16H2,1H3,(H,24,26). The lowest BCUT2D eigenvalue weighted by molar-refractivity contribution is -0.114. The molecule has 0 radical (unpaired) electrons. The van der Waals surface area contributed by atoms with Gasteiger partial charge < -0.3 is 10.1 Å². The van der Waals surface area contributed by atoms with Crippen LogP contribution < -0.4 is 14.4 Å². The molecule has 156 valence electrons. The first-order chi connectivity index (χ1) is 14.4. The van der Waals surface area contributed by atoms with Crippen LogP contribution in [0.5, 0.6) is 5.75 Å². The number of hydrogen-bond donors (Lipinski definition) is 1. The summed E-state index contributed by atoms with van der Waals surface area (Å²) in [7, 11) is -3.93. The number of carbonyl (C=O) groups is 1. The molecule has 0 saturated heterocycles. The van der Waals surface area contributed by atoms with Crippen LogP contribution in [0.1, 0.15) is 6.92 Å². The van der Waals surface area contributed by atoms with Crippen molar-refractivity contribution in [1.82, 2.24) is 0 Å². The first-order valence-corrected chi connectivity index (χ1v) is 11.8. The number of carbonyl (C=O) groups excluding carboxylic acids is 1. The van der Waals surface area contributed by atoms with Gasteiger partial charge in [-0.15, -0.1) is 0 Å². The van der Waals surface area contributed by atoms with E-state index in [1.165, 1.54) is 12.1 Å². The zero-order valence-corrected chi connectivity index (χ0v) is 19.3. The summed E-state index contributed by atoms with van der Waals surface area (Å²) in [6, 6.07) is 22.0. The Morgan fingerprint density at radius 2 is 1.70 bits per heavy atom. The SMILES string of the molecule is CCOc1cccc(NC(=O)CN(c2ccc(I)cc2)S(=O)(=O)c2ccccc2)c1. The van der Waals surface area contributed by atoms with E-state index in [-0.39, 0.29) is 11.4 Å². The molecule has 8 heteroatoms. The normalized spacial score (nSPS) is 11.0. The van der Waals surface area contributed by atoms with E-state index < -0.39 is 15.9 Å². The van der Waals surface area contributed by atoms with Crippen molar-refractivity contribution < 1.29 is 17.9 Å². The fourth-order valence-corrected chi connectivity index (χ4v) is 4.60. The van der Waals surface area contributed by atoms with Crippen molar-refractivity contribution in [1.29, 1.82) is 0 Å². The molecule has 0 bridgehead atoms. The maximum Gasteiger partial charge on any atom is 0.264 e. The van der Waals surface area contributed by atoms with E-state index in [1.54, 1.807) is 66.7 Å². The molecule has 3 aromatic carbocycles. The predicted molar refractivity (Wildman–Crippen MR) is 126 cm³/mol. The molecule has 0 unspecified atom stereocenters. The van der Waals surface area contributed by atoms with Crippen molar-refractivity contribution >= 4 is 49.9 Å².